The van der Waals surface area contributed by atoms with Gasteiger partial charge in [0.15, 0.2) is 0 Å². The Hall–Kier alpha value is -1.23. The molecule has 0 saturated carbocycles. The molecule has 68 valence electrons. The number of hydrogen-bond donors (Lipinski definition) is 1. The highest BCUT2D eigenvalue weighted by atomic mass is 79.9. The predicted octanol–water partition coefficient (Wildman–Crippen LogP) is 2.68. The fourth-order valence-corrected chi connectivity index (χ4v) is 1.59. The monoisotopic (exact) mass is 243 g/mol. The Balaban J connectivity index is 3.35. The Bertz CT molecular complexity index is 351. The quantitative estimate of drug-likeness (QED) is 0.656. The largest absolute Gasteiger partial charge is 0.478 e. The van der Waals surface area contributed by atoms with Crippen molar-refractivity contribution in [1.29, 1.82) is 0 Å². The van der Waals surface area contributed by atoms with E-state index < -0.39 is 5.97 Å². The van der Waals surface area contributed by atoms with Crippen molar-refractivity contribution in [3.05, 3.63) is 34.2 Å². The Morgan fingerprint density at radius 3 is 2.69 bits per heavy atom. The van der Waals surface area contributed by atoms with E-state index in [4.69, 9.17) is 5.11 Å². The lowest BCUT2D eigenvalue weighted by Crippen LogP contribution is -2.00. The first-order chi connectivity index (χ1) is 6.20. The van der Waals surface area contributed by atoms with Crippen LogP contribution in [0.3, 0.4) is 0 Å². The van der Waals surface area contributed by atoms with Crippen LogP contribution in [-0.2, 0) is 5.33 Å². The van der Waals surface area contributed by atoms with Gasteiger partial charge in [-0.05, 0) is 17.3 Å². The number of nitrogens with zero attached hydrogens (tertiary/aromatic N) is 1. The highest BCUT2D eigenvalue weighted by Crippen LogP contribution is 2.24. The van der Waals surface area contributed by atoms with E-state index in [0.717, 1.165) is 0 Å². The van der Waals surface area contributed by atoms with Gasteiger partial charge in [-0.25, -0.2) is 4.79 Å². The van der Waals surface area contributed by atoms with E-state index in [2.05, 4.69) is 21.1 Å². The summed E-state index contributed by atoms with van der Waals surface area (Å²) >= 11 is 3.11. The number of benzene rings is 1. The van der Waals surface area contributed by atoms with Gasteiger partial charge in [0.25, 0.3) is 0 Å². The molecule has 0 bridgehead atoms. The first kappa shape index (κ1) is 9.85. The van der Waals surface area contributed by atoms with Gasteiger partial charge in [-0.15, -0.1) is 4.91 Å². The number of carboxylic acids is 1. The third kappa shape index (κ3) is 1.92. The van der Waals surface area contributed by atoms with Crippen LogP contribution < -0.4 is 0 Å². The second-order valence-corrected chi connectivity index (χ2v) is 2.89. The Morgan fingerprint density at radius 1 is 1.54 bits per heavy atom. The van der Waals surface area contributed by atoms with Crippen LogP contribution >= 0.6 is 15.9 Å². The Kier molecular flexibility index (Phi) is 3.13. The van der Waals surface area contributed by atoms with Crippen molar-refractivity contribution in [3.63, 3.8) is 0 Å². The van der Waals surface area contributed by atoms with Crippen molar-refractivity contribution < 1.29 is 9.90 Å². The number of alkyl halides is 1. The lowest BCUT2D eigenvalue weighted by atomic mass is 10.1. The second kappa shape index (κ2) is 4.13. The first-order valence-corrected chi connectivity index (χ1v) is 4.57. The second-order valence-electron chi connectivity index (χ2n) is 2.33. The molecule has 0 amide bonds. The fourth-order valence-electron chi connectivity index (χ4n) is 1.00. The molecular weight excluding hydrogens is 238 g/mol. The minimum atomic E-state index is -1.06. The minimum absolute atomic E-state index is 0.106. The van der Waals surface area contributed by atoms with Gasteiger partial charge in [0.1, 0.15) is 5.69 Å². The summed E-state index contributed by atoms with van der Waals surface area (Å²) in [6.07, 6.45) is 0. The van der Waals surface area contributed by atoms with Crippen LogP contribution in [0.25, 0.3) is 0 Å². The third-order valence-corrected chi connectivity index (χ3v) is 2.17. The average Bonchev–Trinajstić information content (AvgIpc) is 2.16. The number of halogens is 1. The number of aromatic carboxylic acids is 1. The zero-order chi connectivity index (χ0) is 9.84. The van der Waals surface area contributed by atoms with Gasteiger partial charge in [-0.2, -0.15) is 0 Å². The SMILES string of the molecule is O=Nc1cccc(C(=O)O)c1CBr. The topological polar surface area (TPSA) is 66.7 Å². The molecule has 1 rings (SSSR count). The summed E-state index contributed by atoms with van der Waals surface area (Å²) in [4.78, 5) is 21.0. The van der Waals surface area contributed by atoms with Crippen LogP contribution in [0.2, 0.25) is 0 Å². The predicted molar refractivity (Wildman–Crippen MR) is 51.5 cm³/mol. The van der Waals surface area contributed by atoms with E-state index in [1.807, 2.05) is 0 Å². The molecular formula is C8H6BrNO3. The molecule has 1 aromatic rings. The lowest BCUT2D eigenvalue weighted by molar-refractivity contribution is 0.0696. The summed E-state index contributed by atoms with van der Waals surface area (Å²) in [6, 6.07) is 4.41. The number of carbonyl (C=O) groups is 1. The smallest absolute Gasteiger partial charge is 0.336 e. The van der Waals surface area contributed by atoms with Gasteiger partial charge in [0, 0.05) is 10.9 Å². The maximum atomic E-state index is 10.7. The molecule has 0 aliphatic heterocycles. The lowest BCUT2D eigenvalue weighted by Gasteiger charge is -2.03. The number of nitroso groups, excluding NO2 is 1. The van der Waals surface area contributed by atoms with Crippen LogP contribution in [0.5, 0.6) is 0 Å². The standard InChI is InChI=1S/C8H6BrNO3/c9-4-6-5(8(11)12)2-1-3-7(6)10-13/h1-3H,4H2,(H,11,12). The summed E-state index contributed by atoms with van der Waals surface area (Å²) in [5.74, 6) is -1.06. The summed E-state index contributed by atoms with van der Waals surface area (Å²) in [6.45, 7) is 0. The van der Waals surface area contributed by atoms with Gasteiger partial charge < -0.3 is 5.11 Å². The highest BCUT2D eigenvalue weighted by Gasteiger charge is 2.12. The molecule has 13 heavy (non-hydrogen) atoms. The van der Waals surface area contributed by atoms with Crippen LogP contribution in [0.4, 0.5) is 5.69 Å². The van der Waals surface area contributed by atoms with Crippen molar-refractivity contribution in [2.24, 2.45) is 5.18 Å². The zero-order valence-corrected chi connectivity index (χ0v) is 8.11. The molecule has 4 nitrogen and oxygen atoms in total. The molecule has 0 aromatic heterocycles. The van der Waals surface area contributed by atoms with E-state index in [-0.39, 0.29) is 11.3 Å². The molecule has 0 aliphatic rings. The maximum Gasteiger partial charge on any atom is 0.336 e. The minimum Gasteiger partial charge on any atom is -0.478 e. The summed E-state index contributed by atoms with van der Waals surface area (Å²) in [7, 11) is 0. The third-order valence-electron chi connectivity index (χ3n) is 1.61. The van der Waals surface area contributed by atoms with Crippen LogP contribution in [0.1, 0.15) is 15.9 Å². The van der Waals surface area contributed by atoms with Crippen molar-refractivity contribution in [1.82, 2.24) is 0 Å². The normalized spacial score (nSPS) is 9.62. The van der Waals surface area contributed by atoms with Crippen molar-refractivity contribution >= 4 is 27.6 Å². The van der Waals surface area contributed by atoms with Crippen LogP contribution in [-0.4, -0.2) is 11.1 Å². The van der Waals surface area contributed by atoms with E-state index in [0.29, 0.717) is 10.9 Å². The molecule has 0 radical (unpaired) electrons. The van der Waals surface area contributed by atoms with Gasteiger partial charge >= 0.3 is 5.97 Å². The average molecular weight is 244 g/mol. The molecule has 1 N–H and O–H groups in total. The molecule has 1 aromatic carbocycles. The summed E-state index contributed by atoms with van der Waals surface area (Å²) in [5.41, 5.74) is 0.677. The van der Waals surface area contributed by atoms with Gasteiger partial charge in [0.2, 0.25) is 0 Å². The fraction of sp³-hybridized carbons (Fsp3) is 0.125. The number of hydrogen-bond acceptors (Lipinski definition) is 3. The van der Waals surface area contributed by atoms with E-state index in [1.54, 1.807) is 0 Å². The van der Waals surface area contributed by atoms with Crippen molar-refractivity contribution in [3.8, 4) is 0 Å². The Labute approximate surface area is 82.7 Å². The van der Waals surface area contributed by atoms with E-state index in [1.165, 1.54) is 18.2 Å². The molecule has 0 saturated heterocycles. The molecule has 0 spiro atoms. The van der Waals surface area contributed by atoms with E-state index in [9.17, 15) is 9.70 Å². The number of rotatable bonds is 3. The van der Waals surface area contributed by atoms with Crippen molar-refractivity contribution in [2.45, 2.75) is 5.33 Å². The summed E-state index contributed by atoms with van der Waals surface area (Å²) in [5, 5.41) is 11.8. The molecule has 0 unspecified atom stereocenters. The van der Waals surface area contributed by atoms with Crippen LogP contribution in [0.15, 0.2) is 23.4 Å². The van der Waals surface area contributed by atoms with Gasteiger partial charge in [-0.1, -0.05) is 22.0 Å². The first-order valence-electron chi connectivity index (χ1n) is 3.45. The molecule has 0 aliphatic carbocycles. The van der Waals surface area contributed by atoms with Crippen LogP contribution in [0, 0.1) is 4.91 Å². The van der Waals surface area contributed by atoms with E-state index >= 15 is 0 Å². The molecule has 0 fully saturated rings. The zero-order valence-electron chi connectivity index (χ0n) is 6.53. The summed E-state index contributed by atoms with van der Waals surface area (Å²) < 4.78 is 0. The molecule has 0 heterocycles. The maximum absolute atomic E-state index is 10.7. The van der Waals surface area contributed by atoms with Gasteiger partial charge in [-0.3, -0.25) is 0 Å². The van der Waals surface area contributed by atoms with Gasteiger partial charge in [0.05, 0.1) is 5.56 Å². The highest BCUT2D eigenvalue weighted by molar-refractivity contribution is 9.08. The Morgan fingerprint density at radius 2 is 2.23 bits per heavy atom. The van der Waals surface area contributed by atoms with Crippen molar-refractivity contribution in [2.75, 3.05) is 0 Å². The molecule has 0 atom stereocenters. The molecule has 5 heteroatoms. The number of carboxylic acid groups (broad SMARTS) is 1.